The summed E-state index contributed by atoms with van der Waals surface area (Å²) in [5.41, 5.74) is 0.858. The van der Waals surface area contributed by atoms with Gasteiger partial charge in [0.05, 0.1) is 5.76 Å². The summed E-state index contributed by atoms with van der Waals surface area (Å²) in [5.74, 6) is -1.13. The molecule has 21 heavy (non-hydrogen) atoms. The molecule has 5 heteroatoms. The molecule has 1 aromatic carbocycles. The fourth-order valence-electron chi connectivity index (χ4n) is 1.89. The highest BCUT2D eigenvalue weighted by atomic mass is 16.4. The summed E-state index contributed by atoms with van der Waals surface area (Å²) in [7, 11) is 0. The molecule has 0 aromatic heterocycles. The minimum absolute atomic E-state index is 0.191. The van der Waals surface area contributed by atoms with Crippen LogP contribution in [0.25, 0.3) is 0 Å². The molecular formula is C16H21NO4. The molecule has 1 atom stereocenters. The van der Waals surface area contributed by atoms with Gasteiger partial charge in [0.1, 0.15) is 6.04 Å². The van der Waals surface area contributed by atoms with E-state index in [-0.39, 0.29) is 24.5 Å². The Kier molecular flexibility index (Phi) is 7.01. The highest BCUT2D eigenvalue weighted by molar-refractivity contribution is 5.83. The van der Waals surface area contributed by atoms with Gasteiger partial charge in [0.2, 0.25) is 5.91 Å². The number of allylic oxidation sites excluding steroid dienone is 2. The van der Waals surface area contributed by atoms with E-state index in [9.17, 15) is 19.8 Å². The number of hydrogen-bond donors (Lipinski definition) is 3. The van der Waals surface area contributed by atoms with E-state index >= 15 is 0 Å². The average molecular weight is 291 g/mol. The first-order valence-electron chi connectivity index (χ1n) is 6.93. The number of carbonyl (C=O) groups is 2. The number of hydrogen-bond acceptors (Lipinski definition) is 3. The number of benzene rings is 1. The number of carboxylic acids is 1. The van der Waals surface area contributed by atoms with Crippen molar-refractivity contribution >= 4 is 11.9 Å². The second-order valence-corrected chi connectivity index (χ2v) is 4.78. The van der Waals surface area contributed by atoms with Crippen LogP contribution in [0.2, 0.25) is 0 Å². The van der Waals surface area contributed by atoms with E-state index in [1.807, 2.05) is 30.3 Å². The topological polar surface area (TPSA) is 86.6 Å². The van der Waals surface area contributed by atoms with Gasteiger partial charge < -0.3 is 15.5 Å². The van der Waals surface area contributed by atoms with Crippen LogP contribution in [0.5, 0.6) is 0 Å². The Hall–Kier alpha value is -2.30. The zero-order valence-electron chi connectivity index (χ0n) is 12.1. The summed E-state index contributed by atoms with van der Waals surface area (Å²) >= 11 is 0. The highest BCUT2D eigenvalue weighted by Crippen LogP contribution is 2.06. The van der Waals surface area contributed by atoms with Gasteiger partial charge in [-0.3, -0.25) is 4.79 Å². The molecule has 1 unspecified atom stereocenters. The quantitative estimate of drug-likeness (QED) is 0.642. The van der Waals surface area contributed by atoms with Gasteiger partial charge in [0, 0.05) is 19.3 Å². The molecule has 3 N–H and O–H groups in total. The Morgan fingerprint density at radius 1 is 1.19 bits per heavy atom. The van der Waals surface area contributed by atoms with Crippen molar-refractivity contribution in [2.75, 3.05) is 0 Å². The van der Waals surface area contributed by atoms with E-state index in [4.69, 9.17) is 0 Å². The van der Waals surface area contributed by atoms with Gasteiger partial charge in [0.25, 0.3) is 0 Å². The number of rotatable bonds is 8. The summed E-state index contributed by atoms with van der Waals surface area (Å²) in [4.78, 5) is 22.9. The lowest BCUT2D eigenvalue weighted by Gasteiger charge is -2.14. The van der Waals surface area contributed by atoms with E-state index in [0.717, 1.165) is 5.56 Å². The summed E-state index contributed by atoms with van der Waals surface area (Å²) < 4.78 is 0. The van der Waals surface area contributed by atoms with Crippen molar-refractivity contribution in [2.45, 2.75) is 38.6 Å². The molecule has 0 radical (unpaired) electrons. The standard InChI is InChI=1S/C16H21NO4/c1-2-13(18)9-6-10-15(19)17-14(16(20)21)11-12-7-4-3-5-8-12/h2-5,7-8,14,18H,6,9-11H2,1H3,(H,17,19)(H,20,21). The Labute approximate surface area is 124 Å². The minimum Gasteiger partial charge on any atom is -0.513 e. The largest absolute Gasteiger partial charge is 0.513 e. The Morgan fingerprint density at radius 2 is 1.86 bits per heavy atom. The first kappa shape index (κ1) is 16.8. The van der Waals surface area contributed by atoms with Crippen molar-refractivity contribution in [3.63, 3.8) is 0 Å². The lowest BCUT2D eigenvalue weighted by molar-refractivity contribution is -0.141. The summed E-state index contributed by atoms with van der Waals surface area (Å²) in [6.07, 6.45) is 2.92. The van der Waals surface area contributed by atoms with Gasteiger partial charge in [-0.1, -0.05) is 30.3 Å². The molecule has 114 valence electrons. The van der Waals surface area contributed by atoms with Crippen LogP contribution in [-0.4, -0.2) is 28.1 Å². The number of aliphatic hydroxyl groups excluding tert-OH is 1. The van der Waals surface area contributed by atoms with Gasteiger partial charge in [-0.25, -0.2) is 4.79 Å². The molecule has 0 fully saturated rings. The molecule has 1 amide bonds. The third-order valence-electron chi connectivity index (χ3n) is 3.09. The summed E-state index contributed by atoms with van der Waals surface area (Å²) in [6, 6.07) is 8.23. The van der Waals surface area contributed by atoms with Crippen molar-refractivity contribution in [2.24, 2.45) is 0 Å². The Balaban J connectivity index is 2.47. The SMILES string of the molecule is CC=C(O)CCCC(=O)NC(Cc1ccccc1)C(=O)O. The van der Waals surface area contributed by atoms with Crippen molar-refractivity contribution in [3.8, 4) is 0 Å². The molecule has 1 aromatic rings. The third-order valence-corrected chi connectivity index (χ3v) is 3.09. The van der Waals surface area contributed by atoms with E-state index in [0.29, 0.717) is 12.8 Å². The Morgan fingerprint density at radius 3 is 2.43 bits per heavy atom. The van der Waals surface area contributed by atoms with Crippen LogP contribution >= 0.6 is 0 Å². The Bertz CT molecular complexity index is 496. The van der Waals surface area contributed by atoms with E-state index in [1.54, 1.807) is 13.0 Å². The van der Waals surface area contributed by atoms with Gasteiger partial charge in [0.15, 0.2) is 0 Å². The fraction of sp³-hybridized carbons (Fsp3) is 0.375. The summed E-state index contributed by atoms with van der Waals surface area (Å²) in [5, 5.41) is 21.0. The van der Waals surface area contributed by atoms with Crippen LogP contribution in [0.3, 0.4) is 0 Å². The number of carboxylic acid groups (broad SMARTS) is 1. The maximum absolute atomic E-state index is 11.7. The third kappa shape index (κ3) is 6.61. The van der Waals surface area contributed by atoms with E-state index in [1.165, 1.54) is 0 Å². The van der Waals surface area contributed by atoms with Crippen LogP contribution in [0.4, 0.5) is 0 Å². The highest BCUT2D eigenvalue weighted by Gasteiger charge is 2.20. The molecule has 0 saturated heterocycles. The minimum atomic E-state index is -1.05. The second-order valence-electron chi connectivity index (χ2n) is 4.78. The number of nitrogens with one attached hydrogen (secondary N) is 1. The van der Waals surface area contributed by atoms with Crippen LogP contribution in [0.1, 0.15) is 31.7 Å². The van der Waals surface area contributed by atoms with Gasteiger partial charge in [-0.05, 0) is 25.0 Å². The van der Waals surface area contributed by atoms with Crippen LogP contribution in [-0.2, 0) is 16.0 Å². The first-order valence-corrected chi connectivity index (χ1v) is 6.93. The number of aliphatic hydroxyl groups is 1. The smallest absolute Gasteiger partial charge is 0.326 e. The van der Waals surface area contributed by atoms with E-state index < -0.39 is 12.0 Å². The van der Waals surface area contributed by atoms with Crippen molar-refractivity contribution in [1.29, 1.82) is 0 Å². The maximum atomic E-state index is 11.7. The molecule has 1 rings (SSSR count). The van der Waals surface area contributed by atoms with Crippen LogP contribution < -0.4 is 5.32 Å². The molecule has 0 aliphatic heterocycles. The second kappa shape index (κ2) is 8.79. The molecular weight excluding hydrogens is 270 g/mol. The normalized spacial score (nSPS) is 12.7. The average Bonchev–Trinajstić information content (AvgIpc) is 2.47. The number of amides is 1. The molecule has 0 spiro atoms. The van der Waals surface area contributed by atoms with Gasteiger partial charge >= 0.3 is 5.97 Å². The van der Waals surface area contributed by atoms with E-state index in [2.05, 4.69) is 5.32 Å². The van der Waals surface area contributed by atoms with Crippen molar-refractivity contribution < 1.29 is 19.8 Å². The van der Waals surface area contributed by atoms with Crippen molar-refractivity contribution in [1.82, 2.24) is 5.32 Å². The first-order chi connectivity index (χ1) is 10.0. The lowest BCUT2D eigenvalue weighted by Crippen LogP contribution is -2.42. The molecule has 0 aliphatic carbocycles. The van der Waals surface area contributed by atoms with Gasteiger partial charge in [-0.15, -0.1) is 0 Å². The maximum Gasteiger partial charge on any atom is 0.326 e. The van der Waals surface area contributed by atoms with Crippen LogP contribution in [0.15, 0.2) is 42.2 Å². The number of aliphatic carboxylic acids is 1. The summed E-state index contributed by atoms with van der Waals surface area (Å²) in [6.45, 7) is 1.72. The number of carbonyl (C=O) groups excluding carboxylic acids is 1. The fourth-order valence-corrected chi connectivity index (χ4v) is 1.89. The predicted molar refractivity (Wildman–Crippen MR) is 79.9 cm³/mol. The predicted octanol–water partition coefficient (Wildman–Crippen LogP) is 2.43. The van der Waals surface area contributed by atoms with Gasteiger partial charge in [-0.2, -0.15) is 0 Å². The molecule has 0 saturated carbocycles. The molecule has 0 bridgehead atoms. The lowest BCUT2D eigenvalue weighted by atomic mass is 10.1. The molecule has 0 aliphatic rings. The zero-order valence-corrected chi connectivity index (χ0v) is 12.1. The van der Waals surface area contributed by atoms with Crippen molar-refractivity contribution in [3.05, 3.63) is 47.7 Å². The monoisotopic (exact) mass is 291 g/mol. The molecule has 5 nitrogen and oxygen atoms in total. The zero-order chi connectivity index (χ0) is 15.7. The molecule has 0 heterocycles. The van der Waals surface area contributed by atoms with Crippen LogP contribution in [0, 0.1) is 0 Å².